The van der Waals surface area contributed by atoms with Crippen molar-refractivity contribution in [3.63, 3.8) is 0 Å². The largest absolute Gasteiger partial charge is 0.294 e. The first-order valence-electron chi connectivity index (χ1n) is 4.72. The van der Waals surface area contributed by atoms with Gasteiger partial charge in [0.25, 0.3) is 5.56 Å². The fourth-order valence-electron chi connectivity index (χ4n) is 1.39. The van der Waals surface area contributed by atoms with Crippen LogP contribution in [-0.2, 0) is 6.54 Å². The van der Waals surface area contributed by atoms with Gasteiger partial charge in [0.15, 0.2) is 0 Å². The van der Waals surface area contributed by atoms with E-state index in [0.29, 0.717) is 3.57 Å². The summed E-state index contributed by atoms with van der Waals surface area (Å²) in [5, 5.41) is 0. The highest BCUT2D eigenvalue weighted by molar-refractivity contribution is 14.1. The van der Waals surface area contributed by atoms with Crippen molar-refractivity contribution < 1.29 is 8.78 Å². The average molecular weight is 348 g/mol. The highest BCUT2D eigenvalue weighted by Crippen LogP contribution is 2.12. The van der Waals surface area contributed by atoms with E-state index in [-0.39, 0.29) is 17.7 Å². The molecule has 0 saturated carbocycles. The zero-order valence-corrected chi connectivity index (χ0v) is 10.7. The van der Waals surface area contributed by atoms with E-state index in [1.165, 1.54) is 23.2 Å². The van der Waals surface area contributed by atoms with Gasteiger partial charge in [0.2, 0.25) is 0 Å². The summed E-state index contributed by atoms with van der Waals surface area (Å²) in [6.45, 7) is -0.165. The van der Waals surface area contributed by atoms with Gasteiger partial charge in [-0.2, -0.15) is 0 Å². The van der Waals surface area contributed by atoms with Crippen LogP contribution in [0.4, 0.5) is 8.78 Å². The third-order valence-corrected chi connectivity index (χ3v) is 2.99. The predicted octanol–water partition coefficient (Wildman–Crippen LogP) is 2.17. The first kappa shape index (κ1) is 12.2. The minimum atomic E-state index is -0.671. The fourth-order valence-corrected chi connectivity index (χ4v) is 1.86. The zero-order chi connectivity index (χ0) is 12.4. The van der Waals surface area contributed by atoms with Gasteiger partial charge in [-0.05, 0) is 34.7 Å². The lowest BCUT2D eigenvalue weighted by atomic mass is 10.2. The minimum Gasteiger partial charge on any atom is -0.294 e. The Bertz CT molecular complexity index is 592. The van der Waals surface area contributed by atoms with Gasteiger partial charge in [0.05, 0.1) is 16.4 Å². The van der Waals surface area contributed by atoms with Crippen LogP contribution in [0.5, 0.6) is 0 Å². The van der Waals surface area contributed by atoms with Crippen molar-refractivity contribution in [1.82, 2.24) is 9.55 Å². The monoisotopic (exact) mass is 348 g/mol. The summed E-state index contributed by atoms with van der Waals surface area (Å²) < 4.78 is 28.4. The maximum Gasteiger partial charge on any atom is 0.267 e. The molecule has 0 aliphatic heterocycles. The van der Waals surface area contributed by atoms with Crippen LogP contribution in [0, 0.1) is 15.2 Å². The summed E-state index contributed by atoms with van der Waals surface area (Å²) in [5.41, 5.74) is -0.457. The standard InChI is InChI=1S/C11H7F2IN2O/c12-8-2-1-3-9(13)7(8)5-16-6-15-4-10(14)11(16)17/h1-4,6H,5H2. The minimum absolute atomic E-state index is 0.140. The molecule has 17 heavy (non-hydrogen) atoms. The van der Waals surface area contributed by atoms with Gasteiger partial charge < -0.3 is 0 Å². The Labute approximate surface area is 109 Å². The van der Waals surface area contributed by atoms with Crippen molar-refractivity contribution in [1.29, 1.82) is 0 Å². The summed E-state index contributed by atoms with van der Waals surface area (Å²) in [6, 6.07) is 3.60. The number of hydrogen-bond donors (Lipinski definition) is 0. The molecule has 0 N–H and O–H groups in total. The third-order valence-electron chi connectivity index (χ3n) is 2.25. The maximum atomic E-state index is 13.4. The Hall–Kier alpha value is -1.31. The molecule has 0 saturated heterocycles. The van der Waals surface area contributed by atoms with Crippen LogP contribution < -0.4 is 5.56 Å². The lowest BCUT2D eigenvalue weighted by Gasteiger charge is -2.07. The second-order valence-electron chi connectivity index (χ2n) is 3.37. The molecule has 0 aliphatic carbocycles. The van der Waals surface area contributed by atoms with Gasteiger partial charge in [-0.3, -0.25) is 9.36 Å². The normalized spacial score (nSPS) is 10.5. The molecule has 0 unspecified atom stereocenters. The molecule has 0 atom stereocenters. The average Bonchev–Trinajstić information content (AvgIpc) is 2.29. The third kappa shape index (κ3) is 2.51. The smallest absolute Gasteiger partial charge is 0.267 e. The fraction of sp³-hybridized carbons (Fsp3) is 0.0909. The molecular weight excluding hydrogens is 341 g/mol. The molecule has 3 nitrogen and oxygen atoms in total. The molecule has 0 radical (unpaired) electrons. The van der Waals surface area contributed by atoms with E-state index in [0.717, 1.165) is 12.1 Å². The van der Waals surface area contributed by atoms with Crippen LogP contribution in [0.1, 0.15) is 5.56 Å². The SMILES string of the molecule is O=c1c(I)cncn1Cc1c(F)cccc1F. The van der Waals surface area contributed by atoms with Gasteiger partial charge >= 0.3 is 0 Å². The number of hydrogen-bond acceptors (Lipinski definition) is 2. The quantitative estimate of drug-likeness (QED) is 0.780. The van der Waals surface area contributed by atoms with Crippen molar-refractivity contribution in [2.24, 2.45) is 0 Å². The lowest BCUT2D eigenvalue weighted by molar-refractivity contribution is 0.539. The van der Waals surface area contributed by atoms with Crippen molar-refractivity contribution in [3.8, 4) is 0 Å². The Morgan fingerprint density at radius 3 is 2.59 bits per heavy atom. The second-order valence-corrected chi connectivity index (χ2v) is 4.54. The van der Waals surface area contributed by atoms with Gasteiger partial charge in [-0.1, -0.05) is 6.07 Å². The van der Waals surface area contributed by atoms with E-state index in [2.05, 4.69) is 4.98 Å². The van der Waals surface area contributed by atoms with Crippen LogP contribution in [0.2, 0.25) is 0 Å². The molecule has 1 heterocycles. The molecule has 0 bridgehead atoms. The van der Waals surface area contributed by atoms with Gasteiger partial charge in [0.1, 0.15) is 11.6 Å². The summed E-state index contributed by atoms with van der Waals surface area (Å²) in [4.78, 5) is 15.5. The zero-order valence-electron chi connectivity index (χ0n) is 8.53. The Kier molecular flexibility index (Phi) is 3.51. The molecule has 0 aliphatic rings. The summed E-state index contributed by atoms with van der Waals surface area (Å²) in [6.07, 6.45) is 2.66. The number of rotatable bonds is 2. The van der Waals surface area contributed by atoms with Crippen LogP contribution in [0.25, 0.3) is 0 Å². The number of nitrogens with zero attached hydrogens (tertiary/aromatic N) is 2. The second kappa shape index (κ2) is 4.91. The van der Waals surface area contributed by atoms with Gasteiger partial charge in [-0.25, -0.2) is 13.8 Å². The van der Waals surface area contributed by atoms with Crippen LogP contribution in [0.15, 0.2) is 35.5 Å². The van der Waals surface area contributed by atoms with E-state index in [4.69, 9.17) is 0 Å². The van der Waals surface area contributed by atoms with E-state index in [9.17, 15) is 13.6 Å². The lowest BCUT2D eigenvalue weighted by Crippen LogP contribution is -2.23. The Morgan fingerprint density at radius 1 is 1.29 bits per heavy atom. The molecule has 1 aromatic heterocycles. The molecule has 1 aromatic carbocycles. The Balaban J connectivity index is 2.45. The van der Waals surface area contributed by atoms with Crippen molar-refractivity contribution >= 4 is 22.6 Å². The van der Waals surface area contributed by atoms with E-state index < -0.39 is 11.6 Å². The number of halogens is 3. The summed E-state index contributed by atoms with van der Waals surface area (Å²) in [7, 11) is 0. The Morgan fingerprint density at radius 2 is 1.94 bits per heavy atom. The van der Waals surface area contributed by atoms with Gasteiger partial charge in [0, 0.05) is 11.8 Å². The highest BCUT2D eigenvalue weighted by Gasteiger charge is 2.10. The highest BCUT2D eigenvalue weighted by atomic mass is 127. The maximum absolute atomic E-state index is 13.4. The number of aromatic nitrogens is 2. The molecule has 2 rings (SSSR count). The van der Waals surface area contributed by atoms with Crippen molar-refractivity contribution in [2.75, 3.05) is 0 Å². The summed E-state index contributed by atoms with van der Waals surface area (Å²) in [5.74, 6) is -1.34. The first-order chi connectivity index (χ1) is 8.09. The molecule has 0 spiro atoms. The van der Waals surface area contributed by atoms with Gasteiger partial charge in [-0.15, -0.1) is 0 Å². The first-order valence-corrected chi connectivity index (χ1v) is 5.80. The molecule has 0 amide bonds. The molecule has 0 fully saturated rings. The topological polar surface area (TPSA) is 34.9 Å². The van der Waals surface area contributed by atoms with Crippen LogP contribution in [0.3, 0.4) is 0 Å². The van der Waals surface area contributed by atoms with E-state index >= 15 is 0 Å². The van der Waals surface area contributed by atoms with E-state index in [1.54, 1.807) is 0 Å². The summed E-state index contributed by atoms with van der Waals surface area (Å²) >= 11 is 1.83. The molecule has 6 heteroatoms. The molecule has 88 valence electrons. The number of benzene rings is 1. The van der Waals surface area contributed by atoms with Crippen molar-refractivity contribution in [3.05, 3.63) is 61.8 Å². The predicted molar refractivity (Wildman–Crippen MR) is 66.7 cm³/mol. The van der Waals surface area contributed by atoms with E-state index in [1.807, 2.05) is 22.6 Å². The molecule has 2 aromatic rings. The molecular formula is C11H7F2IN2O. The van der Waals surface area contributed by atoms with Crippen molar-refractivity contribution in [2.45, 2.75) is 6.54 Å². The van der Waals surface area contributed by atoms with Crippen LogP contribution in [-0.4, -0.2) is 9.55 Å². The van der Waals surface area contributed by atoms with Crippen LogP contribution >= 0.6 is 22.6 Å².